The topological polar surface area (TPSA) is 137 Å². The molecule has 1 aliphatic rings. The van der Waals surface area contributed by atoms with Gasteiger partial charge in [-0.05, 0) is 44.4 Å². The fourth-order valence-electron chi connectivity index (χ4n) is 3.43. The number of halogens is 1. The lowest BCUT2D eigenvalue weighted by molar-refractivity contribution is -0.131. The molecule has 184 valence electrons. The van der Waals surface area contributed by atoms with Crippen molar-refractivity contribution in [3.05, 3.63) is 54.4 Å². The number of nitrogens with one attached hydrogen (secondary N) is 1. The van der Waals surface area contributed by atoms with Crippen molar-refractivity contribution in [1.29, 1.82) is 0 Å². The van der Waals surface area contributed by atoms with E-state index in [9.17, 15) is 13.2 Å². The van der Waals surface area contributed by atoms with Gasteiger partial charge in [-0.3, -0.25) is 19.5 Å². The number of sulfonamides is 1. The van der Waals surface area contributed by atoms with Gasteiger partial charge in [0.05, 0.1) is 42.1 Å². The van der Waals surface area contributed by atoms with Crippen LogP contribution in [-0.4, -0.2) is 51.0 Å². The second kappa shape index (κ2) is 9.98. The molecular weight excluding hydrogens is 475 g/mol. The number of hydrogen-bond donors (Lipinski definition) is 1. The molecule has 0 amide bonds. The van der Waals surface area contributed by atoms with Crippen LogP contribution in [0.3, 0.4) is 0 Å². The zero-order valence-corrected chi connectivity index (χ0v) is 20.1. The number of nitrogens with zero attached hydrogens (tertiary/aromatic N) is 5. The van der Waals surface area contributed by atoms with Crippen LogP contribution in [0.2, 0.25) is 0 Å². The van der Waals surface area contributed by atoms with E-state index in [-0.39, 0.29) is 24.5 Å². The Balaban J connectivity index is 1.50. The summed E-state index contributed by atoms with van der Waals surface area (Å²) in [6.45, 7) is 3.83. The monoisotopic (exact) mass is 500 g/mol. The molecule has 0 aliphatic heterocycles. The van der Waals surface area contributed by atoms with Crippen molar-refractivity contribution in [2.45, 2.75) is 50.4 Å². The summed E-state index contributed by atoms with van der Waals surface area (Å²) in [4.78, 5) is 33.6. The smallest absolute Gasteiger partial charge is 0.237 e. The van der Waals surface area contributed by atoms with Gasteiger partial charge in [0.25, 0.3) is 0 Å². The molecule has 1 fully saturated rings. The summed E-state index contributed by atoms with van der Waals surface area (Å²) >= 11 is 0. The molecule has 12 heteroatoms. The second-order valence-electron chi connectivity index (χ2n) is 8.08. The van der Waals surface area contributed by atoms with Crippen molar-refractivity contribution in [2.24, 2.45) is 0 Å². The summed E-state index contributed by atoms with van der Waals surface area (Å²) in [6.07, 6.45) is 6.50. The van der Waals surface area contributed by atoms with Crippen LogP contribution in [0.25, 0.3) is 11.3 Å². The third-order valence-electron chi connectivity index (χ3n) is 5.55. The molecule has 1 unspecified atom stereocenters. The molecular formula is C23H25FN6O4S. The average Bonchev–Trinajstić information content (AvgIpc) is 3.71. The quantitative estimate of drug-likeness (QED) is 0.421. The van der Waals surface area contributed by atoms with Crippen molar-refractivity contribution >= 4 is 21.8 Å². The molecule has 3 heterocycles. The van der Waals surface area contributed by atoms with Gasteiger partial charge in [-0.15, -0.1) is 0 Å². The Morgan fingerprint density at radius 2 is 1.94 bits per heavy atom. The third-order valence-corrected chi connectivity index (χ3v) is 7.37. The van der Waals surface area contributed by atoms with Crippen LogP contribution in [0.4, 0.5) is 10.3 Å². The van der Waals surface area contributed by atoms with Gasteiger partial charge in [-0.1, -0.05) is 6.92 Å². The molecule has 1 saturated carbocycles. The van der Waals surface area contributed by atoms with E-state index in [0.29, 0.717) is 42.3 Å². The highest BCUT2D eigenvalue weighted by atomic mass is 32.2. The zero-order valence-electron chi connectivity index (χ0n) is 19.3. The molecule has 1 atom stereocenters. The van der Waals surface area contributed by atoms with Gasteiger partial charge >= 0.3 is 0 Å². The van der Waals surface area contributed by atoms with Gasteiger partial charge in [-0.2, -0.15) is 0 Å². The highest BCUT2D eigenvalue weighted by Crippen LogP contribution is 2.32. The molecule has 0 saturated heterocycles. The Morgan fingerprint density at radius 3 is 2.60 bits per heavy atom. The summed E-state index contributed by atoms with van der Waals surface area (Å²) in [5.41, 5.74) is -1.04. The Hall–Kier alpha value is -3.54. The van der Waals surface area contributed by atoms with Crippen molar-refractivity contribution < 1.29 is 22.3 Å². The highest BCUT2D eigenvalue weighted by molar-refractivity contribution is 7.93. The van der Waals surface area contributed by atoms with Crippen LogP contribution in [-0.2, 0) is 26.9 Å². The van der Waals surface area contributed by atoms with E-state index >= 15 is 4.39 Å². The molecule has 1 N–H and O–H groups in total. The lowest BCUT2D eigenvalue weighted by atomic mass is 9.90. The van der Waals surface area contributed by atoms with E-state index in [4.69, 9.17) is 4.74 Å². The normalized spacial score (nSPS) is 15.3. The number of Topliss-reactive ketones (excluding diaryl/α,β-unsaturated/α-hetero) is 1. The van der Waals surface area contributed by atoms with E-state index in [2.05, 4.69) is 29.6 Å². The second-order valence-corrected chi connectivity index (χ2v) is 10.0. The van der Waals surface area contributed by atoms with Crippen molar-refractivity contribution in [1.82, 2.24) is 24.9 Å². The first-order chi connectivity index (χ1) is 16.7. The van der Waals surface area contributed by atoms with Crippen LogP contribution >= 0.6 is 0 Å². The number of anilines is 1. The van der Waals surface area contributed by atoms with Crippen molar-refractivity contribution in [2.75, 3.05) is 11.3 Å². The maximum atomic E-state index is 15.9. The van der Waals surface area contributed by atoms with Crippen molar-refractivity contribution in [3.63, 3.8) is 0 Å². The number of pyridine rings is 1. The molecule has 10 nitrogen and oxygen atoms in total. The zero-order chi connectivity index (χ0) is 25.1. The highest BCUT2D eigenvalue weighted by Gasteiger charge is 2.41. The Bertz CT molecular complexity index is 1320. The SMILES string of the molecule is CCOc1cncc(-c2ccc(CC(=O)C(F)(CC)c3ccnc(NS(=O)(=O)C4CC4)n3)nc2)n1. The van der Waals surface area contributed by atoms with E-state index < -0.39 is 26.7 Å². The number of carbonyl (C=O) groups excluding carboxylic acids is 1. The Kier molecular flexibility index (Phi) is 7.01. The van der Waals surface area contributed by atoms with Crippen LogP contribution in [0.15, 0.2) is 43.0 Å². The molecule has 1 aliphatic carbocycles. The maximum absolute atomic E-state index is 15.9. The van der Waals surface area contributed by atoms with Gasteiger partial charge in [0.15, 0.2) is 5.78 Å². The molecule has 0 spiro atoms. The molecule has 0 aromatic carbocycles. The standard InChI is InChI=1S/C23H25FN6O4S/c1-3-23(24,19-9-10-26-22(29-19)30-35(32,33)17-7-8-17)20(31)11-16-6-5-15(12-27-16)18-13-25-14-21(28-18)34-4-2/h5-6,9-10,12-14,17H,3-4,7-8,11H2,1-2H3,(H,26,29,30). The van der Waals surface area contributed by atoms with Crippen LogP contribution in [0, 0.1) is 0 Å². The number of hydrogen-bond acceptors (Lipinski definition) is 9. The van der Waals surface area contributed by atoms with Gasteiger partial charge in [0.2, 0.25) is 27.5 Å². The fourth-order valence-corrected chi connectivity index (χ4v) is 4.70. The molecule has 4 rings (SSSR count). The summed E-state index contributed by atoms with van der Waals surface area (Å²) in [5.74, 6) is -0.610. The van der Waals surface area contributed by atoms with E-state index in [1.54, 1.807) is 18.3 Å². The predicted molar refractivity (Wildman–Crippen MR) is 126 cm³/mol. The van der Waals surface area contributed by atoms with Gasteiger partial charge in [0.1, 0.15) is 0 Å². The largest absolute Gasteiger partial charge is 0.477 e. The van der Waals surface area contributed by atoms with Gasteiger partial charge < -0.3 is 4.74 Å². The number of aromatic nitrogens is 5. The first-order valence-electron chi connectivity index (χ1n) is 11.2. The average molecular weight is 501 g/mol. The number of ketones is 1. The summed E-state index contributed by atoms with van der Waals surface area (Å²) in [6, 6.07) is 4.61. The number of alkyl halides is 1. The molecule has 3 aromatic heterocycles. The Labute approximate surface area is 202 Å². The van der Waals surface area contributed by atoms with Gasteiger partial charge in [0, 0.05) is 23.7 Å². The van der Waals surface area contributed by atoms with Crippen molar-refractivity contribution in [3.8, 4) is 17.1 Å². The maximum Gasteiger partial charge on any atom is 0.237 e. The number of ether oxygens (including phenoxy) is 1. The van der Waals surface area contributed by atoms with Crippen LogP contribution in [0.1, 0.15) is 44.5 Å². The van der Waals surface area contributed by atoms with Crippen LogP contribution < -0.4 is 9.46 Å². The van der Waals surface area contributed by atoms with Gasteiger partial charge in [-0.25, -0.2) is 27.8 Å². The summed E-state index contributed by atoms with van der Waals surface area (Å²) in [5, 5.41) is -0.487. The molecule has 35 heavy (non-hydrogen) atoms. The Morgan fingerprint density at radius 1 is 1.14 bits per heavy atom. The minimum Gasteiger partial charge on any atom is -0.477 e. The minimum absolute atomic E-state index is 0.185. The lowest BCUT2D eigenvalue weighted by Gasteiger charge is -2.22. The first-order valence-corrected chi connectivity index (χ1v) is 12.8. The van der Waals surface area contributed by atoms with E-state index in [1.165, 1.54) is 31.6 Å². The molecule has 3 aromatic rings. The van der Waals surface area contributed by atoms with E-state index in [0.717, 1.165) is 0 Å². The molecule has 0 radical (unpaired) electrons. The van der Waals surface area contributed by atoms with E-state index in [1.807, 2.05) is 6.92 Å². The number of rotatable bonds is 11. The third kappa shape index (κ3) is 5.59. The lowest BCUT2D eigenvalue weighted by Crippen LogP contribution is -2.33. The first kappa shape index (κ1) is 24.6. The predicted octanol–water partition coefficient (Wildman–Crippen LogP) is 3.02. The number of carbonyl (C=O) groups is 1. The minimum atomic E-state index is -3.62. The molecule has 0 bridgehead atoms. The summed E-state index contributed by atoms with van der Waals surface area (Å²) < 4.78 is 47.9. The fraction of sp³-hybridized carbons (Fsp3) is 0.391. The van der Waals surface area contributed by atoms with Crippen LogP contribution in [0.5, 0.6) is 5.88 Å². The summed E-state index contributed by atoms with van der Waals surface area (Å²) in [7, 11) is -3.62.